The van der Waals surface area contributed by atoms with Crippen LogP contribution in [0.4, 0.5) is 18.9 Å². The van der Waals surface area contributed by atoms with Gasteiger partial charge in [0.05, 0.1) is 18.1 Å². The number of aromatic carboxylic acids is 1. The van der Waals surface area contributed by atoms with Gasteiger partial charge in [0.2, 0.25) is 5.69 Å². The summed E-state index contributed by atoms with van der Waals surface area (Å²) in [6.45, 7) is 0. The minimum Gasteiger partial charge on any atom is -0.491 e. The van der Waals surface area contributed by atoms with Crippen LogP contribution in [0.1, 0.15) is 10.5 Å². The van der Waals surface area contributed by atoms with Gasteiger partial charge in [0.1, 0.15) is 0 Å². The molecular formula is C8H5F3N2O6. The van der Waals surface area contributed by atoms with Gasteiger partial charge in [-0.15, -0.1) is 13.2 Å². The first kappa shape index (κ1) is 14.5. The van der Waals surface area contributed by atoms with Crippen LogP contribution in [0, 0.1) is 10.1 Å². The fraction of sp³-hybridized carbons (Fsp3) is 0.250. The molecule has 0 aliphatic carbocycles. The molecule has 0 radical (unpaired) electrons. The van der Waals surface area contributed by atoms with Gasteiger partial charge in [-0.25, -0.2) is 4.79 Å². The van der Waals surface area contributed by atoms with Gasteiger partial charge >= 0.3 is 18.0 Å². The molecule has 0 atom stereocenters. The van der Waals surface area contributed by atoms with E-state index in [1.807, 2.05) is 0 Å². The van der Waals surface area contributed by atoms with E-state index in [4.69, 9.17) is 5.11 Å². The summed E-state index contributed by atoms with van der Waals surface area (Å²) in [5.74, 6) is -3.81. The standard InChI is InChI=1S/C8H5F3N2O6/c1-18-4-2-3(13(16)17)5(7(14)15)12-6(4)19-8(9,10)11/h2H,1H3,(H,14,15). The molecule has 0 fully saturated rings. The van der Waals surface area contributed by atoms with Crippen LogP contribution in [0.2, 0.25) is 0 Å². The normalized spacial score (nSPS) is 10.9. The van der Waals surface area contributed by atoms with Crippen molar-refractivity contribution in [2.24, 2.45) is 0 Å². The number of hydrogen-bond acceptors (Lipinski definition) is 6. The second kappa shape index (κ2) is 4.96. The van der Waals surface area contributed by atoms with Crippen molar-refractivity contribution in [2.75, 3.05) is 7.11 Å². The van der Waals surface area contributed by atoms with Crippen LogP contribution >= 0.6 is 0 Å². The number of nitrogens with zero attached hydrogens (tertiary/aromatic N) is 2. The highest BCUT2D eigenvalue weighted by Crippen LogP contribution is 2.34. The van der Waals surface area contributed by atoms with E-state index >= 15 is 0 Å². The lowest BCUT2D eigenvalue weighted by Gasteiger charge is -2.11. The van der Waals surface area contributed by atoms with Crippen molar-refractivity contribution in [1.82, 2.24) is 4.98 Å². The molecule has 0 bridgehead atoms. The van der Waals surface area contributed by atoms with Crippen molar-refractivity contribution in [3.05, 3.63) is 21.9 Å². The summed E-state index contributed by atoms with van der Waals surface area (Å²) in [6.07, 6.45) is -5.15. The smallest absolute Gasteiger partial charge is 0.491 e. The Morgan fingerprint density at radius 3 is 2.47 bits per heavy atom. The fourth-order valence-corrected chi connectivity index (χ4v) is 1.09. The number of methoxy groups -OCH3 is 1. The summed E-state index contributed by atoms with van der Waals surface area (Å²) in [6, 6.07) is 0.484. The van der Waals surface area contributed by atoms with Crippen LogP contribution in [0.25, 0.3) is 0 Å². The van der Waals surface area contributed by atoms with E-state index in [0.29, 0.717) is 6.07 Å². The quantitative estimate of drug-likeness (QED) is 0.659. The molecular weight excluding hydrogens is 277 g/mol. The minimum absolute atomic E-state index is 0.484. The third-order valence-corrected chi connectivity index (χ3v) is 1.77. The zero-order chi connectivity index (χ0) is 14.8. The summed E-state index contributed by atoms with van der Waals surface area (Å²) in [7, 11) is 0.921. The molecule has 1 aromatic rings. The van der Waals surface area contributed by atoms with Crippen molar-refractivity contribution < 1.29 is 37.5 Å². The number of rotatable bonds is 4. The molecule has 104 valence electrons. The Labute approximate surface area is 102 Å². The monoisotopic (exact) mass is 282 g/mol. The average Bonchev–Trinajstić information content (AvgIpc) is 2.25. The molecule has 8 nitrogen and oxygen atoms in total. The molecule has 0 saturated heterocycles. The largest absolute Gasteiger partial charge is 0.574 e. The van der Waals surface area contributed by atoms with Gasteiger partial charge in [0.15, 0.2) is 5.75 Å². The first-order valence-electron chi connectivity index (χ1n) is 4.38. The Morgan fingerprint density at radius 1 is 1.53 bits per heavy atom. The zero-order valence-corrected chi connectivity index (χ0v) is 9.09. The maximum absolute atomic E-state index is 12.1. The number of halogens is 3. The van der Waals surface area contributed by atoms with E-state index in [9.17, 15) is 28.1 Å². The number of pyridine rings is 1. The predicted octanol–water partition coefficient (Wildman–Crippen LogP) is 1.60. The van der Waals surface area contributed by atoms with E-state index in [1.54, 1.807) is 0 Å². The number of carboxylic acids is 1. The Balaban J connectivity index is 3.44. The Hall–Kier alpha value is -2.59. The van der Waals surface area contributed by atoms with Gasteiger partial charge in [0.25, 0.3) is 5.88 Å². The molecule has 0 aliphatic heterocycles. The van der Waals surface area contributed by atoms with Gasteiger partial charge < -0.3 is 14.6 Å². The van der Waals surface area contributed by atoms with Crippen molar-refractivity contribution in [3.8, 4) is 11.6 Å². The molecule has 0 saturated carbocycles. The molecule has 0 unspecified atom stereocenters. The van der Waals surface area contributed by atoms with Gasteiger partial charge in [-0.05, 0) is 0 Å². The molecule has 1 heterocycles. The third-order valence-electron chi connectivity index (χ3n) is 1.77. The highest BCUT2D eigenvalue weighted by molar-refractivity contribution is 5.90. The number of carboxylic acid groups (broad SMARTS) is 1. The second-order valence-corrected chi connectivity index (χ2v) is 2.97. The molecule has 11 heteroatoms. The third kappa shape index (κ3) is 3.43. The molecule has 1 rings (SSSR count). The van der Waals surface area contributed by atoms with Crippen molar-refractivity contribution in [1.29, 1.82) is 0 Å². The highest BCUT2D eigenvalue weighted by Gasteiger charge is 2.35. The summed E-state index contributed by atoms with van der Waals surface area (Å²) in [4.78, 5) is 23.1. The van der Waals surface area contributed by atoms with E-state index in [1.165, 1.54) is 0 Å². The average molecular weight is 282 g/mol. The topological polar surface area (TPSA) is 112 Å². The van der Waals surface area contributed by atoms with Gasteiger partial charge in [0, 0.05) is 0 Å². The number of nitro groups is 1. The van der Waals surface area contributed by atoms with E-state index in [0.717, 1.165) is 7.11 Å². The van der Waals surface area contributed by atoms with E-state index in [2.05, 4.69) is 14.5 Å². The Kier molecular flexibility index (Phi) is 3.77. The highest BCUT2D eigenvalue weighted by atomic mass is 19.4. The Bertz CT molecular complexity index is 530. The maximum Gasteiger partial charge on any atom is 0.574 e. The molecule has 0 aromatic carbocycles. The summed E-state index contributed by atoms with van der Waals surface area (Å²) in [5, 5.41) is 19.2. The number of alkyl halides is 3. The van der Waals surface area contributed by atoms with Gasteiger partial charge in [-0.1, -0.05) is 0 Å². The lowest BCUT2D eigenvalue weighted by Crippen LogP contribution is -2.19. The van der Waals surface area contributed by atoms with Crippen LogP contribution in [-0.4, -0.2) is 34.5 Å². The van der Waals surface area contributed by atoms with Crippen LogP contribution in [-0.2, 0) is 0 Å². The minimum atomic E-state index is -5.15. The molecule has 0 aliphatic rings. The fourth-order valence-electron chi connectivity index (χ4n) is 1.09. The molecule has 0 spiro atoms. The van der Waals surface area contributed by atoms with Crippen molar-refractivity contribution in [2.45, 2.75) is 6.36 Å². The Morgan fingerprint density at radius 2 is 2.11 bits per heavy atom. The number of carbonyl (C=O) groups is 1. The molecule has 19 heavy (non-hydrogen) atoms. The summed E-state index contributed by atoms with van der Waals surface area (Å²) < 4.78 is 44.0. The SMILES string of the molecule is COc1cc([N+](=O)[O-])c(C(=O)O)nc1OC(F)(F)F. The first-order chi connectivity index (χ1) is 8.65. The zero-order valence-electron chi connectivity index (χ0n) is 9.09. The molecule has 1 N–H and O–H groups in total. The van der Waals surface area contributed by atoms with Crippen LogP contribution in [0.3, 0.4) is 0 Å². The summed E-state index contributed by atoms with van der Waals surface area (Å²) in [5.41, 5.74) is -2.20. The number of hydrogen-bond donors (Lipinski definition) is 1. The number of ether oxygens (including phenoxy) is 2. The summed E-state index contributed by atoms with van der Waals surface area (Å²) >= 11 is 0. The van der Waals surface area contributed by atoms with E-state index < -0.39 is 40.3 Å². The lowest BCUT2D eigenvalue weighted by molar-refractivity contribution is -0.385. The lowest BCUT2D eigenvalue weighted by atomic mass is 10.3. The van der Waals surface area contributed by atoms with E-state index in [-0.39, 0.29) is 0 Å². The first-order valence-corrected chi connectivity index (χ1v) is 4.38. The van der Waals surface area contributed by atoms with Crippen LogP contribution in [0.5, 0.6) is 11.6 Å². The molecule has 1 aromatic heterocycles. The van der Waals surface area contributed by atoms with Gasteiger partial charge in [-0.2, -0.15) is 4.98 Å². The van der Waals surface area contributed by atoms with Crippen LogP contribution in [0.15, 0.2) is 6.07 Å². The number of aromatic nitrogens is 1. The van der Waals surface area contributed by atoms with Crippen molar-refractivity contribution in [3.63, 3.8) is 0 Å². The van der Waals surface area contributed by atoms with Crippen LogP contribution < -0.4 is 9.47 Å². The second-order valence-electron chi connectivity index (χ2n) is 2.97. The maximum atomic E-state index is 12.1. The van der Waals surface area contributed by atoms with Gasteiger partial charge in [-0.3, -0.25) is 10.1 Å². The van der Waals surface area contributed by atoms with Crippen molar-refractivity contribution >= 4 is 11.7 Å². The predicted molar refractivity (Wildman–Crippen MR) is 51.1 cm³/mol. The molecule has 0 amide bonds.